The number of carbonyl (C=O) groups is 2. The summed E-state index contributed by atoms with van der Waals surface area (Å²) in [5.74, 6) is -0.317. The number of thiazole rings is 1. The van der Waals surface area contributed by atoms with Crippen LogP contribution >= 0.6 is 11.3 Å². The van der Waals surface area contributed by atoms with E-state index in [4.69, 9.17) is 9.72 Å². The van der Waals surface area contributed by atoms with Gasteiger partial charge in [0.25, 0.3) is 0 Å². The number of aryl methyl sites for hydroxylation is 1. The average Bonchev–Trinajstić information content (AvgIpc) is 3.38. The number of hydrogen-bond donors (Lipinski definition) is 1. The summed E-state index contributed by atoms with van der Waals surface area (Å²) in [5.41, 5.74) is 3.99. The molecule has 2 aliphatic heterocycles. The van der Waals surface area contributed by atoms with Crippen molar-refractivity contribution < 1.29 is 14.3 Å². The SMILES string of the molecule is Cc1ccc2nc(-c3ccc(NC(=O)C4CC(=O)N(C5CCOCC5)C4)cc3)sc2c1. The topological polar surface area (TPSA) is 71.5 Å². The van der Waals surface area contributed by atoms with Gasteiger partial charge in [0, 0.05) is 43.5 Å². The zero-order valence-corrected chi connectivity index (χ0v) is 18.3. The minimum atomic E-state index is -0.303. The maximum Gasteiger partial charge on any atom is 0.229 e. The van der Waals surface area contributed by atoms with Crippen molar-refractivity contribution in [3.8, 4) is 10.6 Å². The van der Waals surface area contributed by atoms with Gasteiger partial charge in [-0.3, -0.25) is 9.59 Å². The molecule has 5 rings (SSSR count). The second-order valence-electron chi connectivity index (χ2n) is 8.35. The quantitative estimate of drug-likeness (QED) is 0.665. The molecule has 7 heteroatoms. The smallest absolute Gasteiger partial charge is 0.229 e. The van der Waals surface area contributed by atoms with Crippen LogP contribution in [0.4, 0.5) is 5.69 Å². The van der Waals surface area contributed by atoms with E-state index in [2.05, 4.69) is 24.4 Å². The first-order valence-electron chi connectivity index (χ1n) is 10.7. The van der Waals surface area contributed by atoms with Crippen molar-refractivity contribution in [2.24, 2.45) is 5.92 Å². The highest BCUT2D eigenvalue weighted by molar-refractivity contribution is 7.21. The average molecular weight is 436 g/mol. The van der Waals surface area contributed by atoms with Crippen LogP contribution < -0.4 is 5.32 Å². The summed E-state index contributed by atoms with van der Waals surface area (Å²) in [7, 11) is 0. The molecule has 2 saturated heterocycles. The first-order chi connectivity index (χ1) is 15.1. The number of ether oxygens (including phenoxy) is 1. The van der Waals surface area contributed by atoms with Crippen LogP contribution in [-0.2, 0) is 14.3 Å². The summed E-state index contributed by atoms with van der Waals surface area (Å²) in [6.45, 7) is 3.95. The molecule has 0 radical (unpaired) electrons. The number of fused-ring (bicyclic) bond motifs is 1. The third kappa shape index (κ3) is 4.20. The third-order valence-electron chi connectivity index (χ3n) is 6.10. The Morgan fingerprint density at radius 1 is 1.16 bits per heavy atom. The van der Waals surface area contributed by atoms with E-state index in [1.165, 1.54) is 10.3 Å². The Morgan fingerprint density at radius 2 is 1.94 bits per heavy atom. The fourth-order valence-corrected chi connectivity index (χ4v) is 5.42. The van der Waals surface area contributed by atoms with Crippen molar-refractivity contribution in [1.29, 1.82) is 0 Å². The molecule has 0 saturated carbocycles. The van der Waals surface area contributed by atoms with Crippen LogP contribution in [0.5, 0.6) is 0 Å². The van der Waals surface area contributed by atoms with Gasteiger partial charge < -0.3 is 15.0 Å². The number of nitrogens with zero attached hydrogens (tertiary/aromatic N) is 2. The fraction of sp³-hybridized carbons (Fsp3) is 0.375. The maximum absolute atomic E-state index is 12.8. The number of benzene rings is 2. The lowest BCUT2D eigenvalue weighted by Crippen LogP contribution is -2.41. The minimum Gasteiger partial charge on any atom is -0.381 e. The van der Waals surface area contributed by atoms with Gasteiger partial charge in [0.15, 0.2) is 0 Å². The summed E-state index contributed by atoms with van der Waals surface area (Å²) in [4.78, 5) is 31.8. The summed E-state index contributed by atoms with van der Waals surface area (Å²) in [6.07, 6.45) is 1.99. The van der Waals surface area contributed by atoms with Gasteiger partial charge in [0.05, 0.1) is 16.1 Å². The van der Waals surface area contributed by atoms with Gasteiger partial charge in [0.1, 0.15) is 5.01 Å². The molecule has 0 aliphatic carbocycles. The van der Waals surface area contributed by atoms with E-state index in [1.807, 2.05) is 35.2 Å². The van der Waals surface area contributed by atoms with Gasteiger partial charge in [-0.1, -0.05) is 6.07 Å². The van der Waals surface area contributed by atoms with E-state index in [1.54, 1.807) is 11.3 Å². The molecule has 6 nitrogen and oxygen atoms in total. The molecule has 2 fully saturated rings. The van der Waals surface area contributed by atoms with E-state index in [0.717, 1.165) is 34.6 Å². The molecule has 1 aromatic heterocycles. The molecule has 3 aromatic rings. The zero-order chi connectivity index (χ0) is 21.4. The standard InChI is InChI=1S/C24H25N3O3S/c1-15-2-7-20-21(12-15)31-24(26-20)16-3-5-18(6-4-16)25-23(29)17-13-22(28)27(14-17)19-8-10-30-11-9-19/h2-7,12,17,19H,8-11,13-14H2,1H3,(H,25,29). The maximum atomic E-state index is 12.8. The first-order valence-corrected chi connectivity index (χ1v) is 11.5. The predicted octanol–water partition coefficient (Wildman–Crippen LogP) is 4.24. The van der Waals surface area contributed by atoms with Gasteiger partial charge in [-0.2, -0.15) is 0 Å². The highest BCUT2D eigenvalue weighted by atomic mass is 32.1. The number of hydrogen-bond acceptors (Lipinski definition) is 5. The van der Waals surface area contributed by atoms with Crippen molar-refractivity contribution in [3.63, 3.8) is 0 Å². The van der Waals surface area contributed by atoms with E-state index in [0.29, 0.717) is 19.8 Å². The first kappa shape index (κ1) is 20.2. The molecule has 0 spiro atoms. The molecule has 2 aromatic carbocycles. The monoisotopic (exact) mass is 435 g/mol. The molecule has 0 bridgehead atoms. The Labute approximate surface area is 185 Å². The summed E-state index contributed by atoms with van der Waals surface area (Å²) >= 11 is 1.67. The van der Waals surface area contributed by atoms with Crippen molar-refractivity contribution in [2.45, 2.75) is 32.2 Å². The van der Waals surface area contributed by atoms with Crippen LogP contribution in [0, 0.1) is 12.8 Å². The van der Waals surface area contributed by atoms with Crippen molar-refractivity contribution in [1.82, 2.24) is 9.88 Å². The van der Waals surface area contributed by atoms with Crippen molar-refractivity contribution in [2.75, 3.05) is 25.1 Å². The van der Waals surface area contributed by atoms with Gasteiger partial charge >= 0.3 is 0 Å². The number of aromatic nitrogens is 1. The Balaban J connectivity index is 1.24. The molecule has 3 heterocycles. The van der Waals surface area contributed by atoms with Crippen LogP contribution in [-0.4, -0.2) is 47.5 Å². The van der Waals surface area contributed by atoms with Crippen molar-refractivity contribution >= 4 is 39.1 Å². The number of anilines is 1. The number of rotatable bonds is 4. The van der Waals surface area contributed by atoms with E-state index in [-0.39, 0.29) is 30.2 Å². The Kier molecular flexibility index (Phi) is 5.46. The highest BCUT2D eigenvalue weighted by Gasteiger charge is 2.38. The van der Waals surface area contributed by atoms with Crippen LogP contribution in [0.15, 0.2) is 42.5 Å². The number of nitrogens with one attached hydrogen (secondary N) is 1. The molecule has 2 amide bonds. The number of likely N-dealkylation sites (tertiary alicyclic amines) is 1. The van der Waals surface area contributed by atoms with Crippen LogP contribution in [0.1, 0.15) is 24.8 Å². The van der Waals surface area contributed by atoms with E-state index in [9.17, 15) is 9.59 Å². The van der Waals surface area contributed by atoms with Gasteiger partial charge in [0.2, 0.25) is 11.8 Å². The highest BCUT2D eigenvalue weighted by Crippen LogP contribution is 2.31. The van der Waals surface area contributed by atoms with Crippen LogP contribution in [0.3, 0.4) is 0 Å². The molecular formula is C24H25N3O3S. The summed E-state index contributed by atoms with van der Waals surface area (Å²) in [5, 5.41) is 3.95. The Bertz CT molecular complexity index is 1120. The lowest BCUT2D eigenvalue weighted by atomic mass is 10.1. The zero-order valence-electron chi connectivity index (χ0n) is 17.5. The van der Waals surface area contributed by atoms with Crippen molar-refractivity contribution in [3.05, 3.63) is 48.0 Å². The minimum absolute atomic E-state index is 0.0773. The Morgan fingerprint density at radius 3 is 2.71 bits per heavy atom. The van der Waals surface area contributed by atoms with Crippen LogP contribution in [0.25, 0.3) is 20.8 Å². The van der Waals surface area contributed by atoms with Gasteiger partial charge in [-0.05, 0) is 61.7 Å². The van der Waals surface area contributed by atoms with Gasteiger partial charge in [-0.25, -0.2) is 4.98 Å². The van der Waals surface area contributed by atoms with E-state index >= 15 is 0 Å². The van der Waals surface area contributed by atoms with Gasteiger partial charge in [-0.15, -0.1) is 11.3 Å². The second-order valence-corrected chi connectivity index (χ2v) is 9.38. The molecule has 1 unspecified atom stereocenters. The molecule has 31 heavy (non-hydrogen) atoms. The summed E-state index contributed by atoms with van der Waals surface area (Å²) in [6, 6.07) is 14.2. The number of carbonyl (C=O) groups excluding carboxylic acids is 2. The molecule has 1 N–H and O–H groups in total. The number of amides is 2. The molecule has 2 aliphatic rings. The lowest BCUT2D eigenvalue weighted by Gasteiger charge is -2.31. The third-order valence-corrected chi connectivity index (χ3v) is 7.17. The summed E-state index contributed by atoms with van der Waals surface area (Å²) < 4.78 is 6.56. The van der Waals surface area contributed by atoms with E-state index < -0.39 is 0 Å². The fourth-order valence-electron chi connectivity index (χ4n) is 4.35. The largest absolute Gasteiger partial charge is 0.381 e. The lowest BCUT2D eigenvalue weighted by molar-refractivity contribution is -0.131. The molecule has 1 atom stereocenters. The molecule has 160 valence electrons. The Hall–Kier alpha value is -2.77. The normalized spacial score (nSPS) is 19.8. The van der Waals surface area contributed by atoms with Crippen LogP contribution in [0.2, 0.25) is 0 Å². The second kappa shape index (κ2) is 8.40. The predicted molar refractivity (Wildman–Crippen MR) is 122 cm³/mol. The molecular weight excluding hydrogens is 410 g/mol.